The van der Waals surface area contributed by atoms with Crippen LogP contribution < -0.4 is 14.4 Å². The minimum Gasteiger partial charge on any atom is -0.508 e. The molecule has 0 unspecified atom stereocenters. The number of aromatic hydroxyl groups is 1. The van der Waals surface area contributed by atoms with Crippen molar-refractivity contribution in [2.24, 2.45) is 0 Å². The van der Waals surface area contributed by atoms with Crippen molar-refractivity contribution >= 4 is 5.69 Å². The third-order valence-electron chi connectivity index (χ3n) is 7.54. The van der Waals surface area contributed by atoms with Gasteiger partial charge in [0.1, 0.15) is 23.9 Å². The minimum atomic E-state index is 0.106. The SMILES string of the molecule is COc1cccc(N(CCO)Cc2ccc(OCCN3CCCCC3)cc2)c1.Oc1ccc2c(c1)CCCC2. The molecular formula is C33H44N2O4. The summed E-state index contributed by atoms with van der Waals surface area (Å²) in [5.41, 5.74) is 4.99. The molecule has 39 heavy (non-hydrogen) atoms. The average molecular weight is 533 g/mol. The normalized spacial score (nSPS) is 15.0. The predicted molar refractivity (Wildman–Crippen MR) is 158 cm³/mol. The quantitative estimate of drug-likeness (QED) is 0.343. The van der Waals surface area contributed by atoms with Crippen LogP contribution in [0.4, 0.5) is 5.69 Å². The van der Waals surface area contributed by atoms with Gasteiger partial charge in [-0.2, -0.15) is 0 Å². The Bertz CT molecular complexity index is 1130. The molecule has 1 heterocycles. The van der Waals surface area contributed by atoms with E-state index in [1.165, 1.54) is 68.3 Å². The van der Waals surface area contributed by atoms with Crippen LogP contribution in [0.1, 0.15) is 48.8 Å². The zero-order valence-corrected chi connectivity index (χ0v) is 23.4. The molecule has 0 bridgehead atoms. The molecule has 210 valence electrons. The van der Waals surface area contributed by atoms with Gasteiger partial charge in [0.25, 0.3) is 0 Å². The summed E-state index contributed by atoms with van der Waals surface area (Å²) in [5, 5.41) is 18.6. The van der Waals surface area contributed by atoms with Crippen LogP contribution in [0.3, 0.4) is 0 Å². The number of benzene rings is 3. The van der Waals surface area contributed by atoms with Crippen LogP contribution in [0.5, 0.6) is 17.2 Å². The van der Waals surface area contributed by atoms with Crippen LogP contribution in [0, 0.1) is 0 Å². The third kappa shape index (κ3) is 9.19. The lowest BCUT2D eigenvalue weighted by atomic mass is 9.92. The Morgan fingerprint density at radius 2 is 1.59 bits per heavy atom. The van der Waals surface area contributed by atoms with Crippen molar-refractivity contribution in [3.05, 3.63) is 83.4 Å². The highest BCUT2D eigenvalue weighted by atomic mass is 16.5. The minimum absolute atomic E-state index is 0.106. The molecule has 1 aliphatic carbocycles. The highest BCUT2D eigenvalue weighted by Crippen LogP contribution is 2.25. The number of fused-ring (bicyclic) bond motifs is 1. The van der Waals surface area contributed by atoms with Gasteiger partial charge in [-0.15, -0.1) is 0 Å². The molecule has 0 aromatic heterocycles. The molecule has 0 spiro atoms. The summed E-state index contributed by atoms with van der Waals surface area (Å²) in [6.45, 7) is 5.54. The van der Waals surface area contributed by atoms with Gasteiger partial charge in [-0.05, 0) is 105 Å². The van der Waals surface area contributed by atoms with E-state index in [1.54, 1.807) is 13.2 Å². The molecule has 2 N–H and O–H groups in total. The Balaban J connectivity index is 0.000000265. The van der Waals surface area contributed by atoms with Gasteiger partial charge < -0.3 is 24.6 Å². The van der Waals surface area contributed by atoms with E-state index in [1.807, 2.05) is 48.5 Å². The van der Waals surface area contributed by atoms with Crippen LogP contribution in [-0.2, 0) is 19.4 Å². The number of methoxy groups -OCH3 is 1. The van der Waals surface area contributed by atoms with Gasteiger partial charge in [0.05, 0.1) is 13.7 Å². The number of aryl methyl sites for hydroxylation is 2. The number of phenols is 1. The highest BCUT2D eigenvalue weighted by molar-refractivity contribution is 5.51. The molecule has 6 nitrogen and oxygen atoms in total. The zero-order valence-electron chi connectivity index (χ0n) is 23.4. The largest absolute Gasteiger partial charge is 0.508 e. The van der Waals surface area contributed by atoms with E-state index in [9.17, 15) is 10.2 Å². The molecule has 0 atom stereocenters. The molecule has 1 aliphatic heterocycles. The average Bonchev–Trinajstić information content (AvgIpc) is 2.98. The van der Waals surface area contributed by atoms with E-state index in [0.29, 0.717) is 12.3 Å². The standard InChI is InChI=1S/C23H32N2O3.C10H12O/c1-27-23-7-5-6-21(18-23)25(14-16-26)19-20-8-10-22(11-9-20)28-17-15-24-12-3-2-4-13-24;11-10-6-5-8-3-1-2-4-9(8)7-10/h5-11,18,26H,2-4,12-17,19H2,1H3;5-7,11H,1-4H2. The number of aliphatic hydroxyl groups excluding tert-OH is 1. The summed E-state index contributed by atoms with van der Waals surface area (Å²) in [4.78, 5) is 4.63. The molecule has 2 aliphatic rings. The molecule has 0 amide bonds. The van der Waals surface area contributed by atoms with E-state index in [0.717, 1.165) is 43.3 Å². The molecule has 3 aromatic rings. The van der Waals surface area contributed by atoms with Gasteiger partial charge >= 0.3 is 0 Å². The second kappa shape index (κ2) is 15.4. The Labute approximate surface area is 233 Å². The van der Waals surface area contributed by atoms with Gasteiger partial charge in [0.2, 0.25) is 0 Å². The van der Waals surface area contributed by atoms with Crippen molar-refractivity contribution < 1.29 is 19.7 Å². The Morgan fingerprint density at radius 1 is 0.821 bits per heavy atom. The summed E-state index contributed by atoms with van der Waals surface area (Å²) in [5.74, 6) is 2.14. The maximum absolute atomic E-state index is 9.45. The fraction of sp³-hybridized carbons (Fsp3) is 0.455. The van der Waals surface area contributed by atoms with Gasteiger partial charge in [0, 0.05) is 31.4 Å². The van der Waals surface area contributed by atoms with Gasteiger partial charge in [-0.1, -0.05) is 30.7 Å². The van der Waals surface area contributed by atoms with Crippen molar-refractivity contribution in [2.75, 3.05) is 51.4 Å². The highest BCUT2D eigenvalue weighted by Gasteiger charge is 2.11. The molecule has 3 aromatic carbocycles. The van der Waals surface area contributed by atoms with Crippen molar-refractivity contribution in [2.45, 2.75) is 51.5 Å². The van der Waals surface area contributed by atoms with Crippen LogP contribution in [-0.4, -0.2) is 61.6 Å². The van der Waals surface area contributed by atoms with Gasteiger partial charge in [0.15, 0.2) is 0 Å². The topological polar surface area (TPSA) is 65.4 Å². The van der Waals surface area contributed by atoms with Crippen LogP contribution in [0.25, 0.3) is 0 Å². The summed E-state index contributed by atoms with van der Waals surface area (Å²) in [7, 11) is 1.67. The number of aliphatic hydroxyl groups is 1. The zero-order chi connectivity index (χ0) is 27.3. The smallest absolute Gasteiger partial charge is 0.120 e. The van der Waals surface area contributed by atoms with E-state index in [-0.39, 0.29) is 6.61 Å². The lowest BCUT2D eigenvalue weighted by Crippen LogP contribution is -2.33. The Kier molecular flexibility index (Phi) is 11.4. The number of rotatable bonds is 10. The number of phenolic OH excluding ortho intramolecular Hbond substituents is 1. The fourth-order valence-electron chi connectivity index (χ4n) is 5.33. The summed E-state index contributed by atoms with van der Waals surface area (Å²) in [6, 6.07) is 21.9. The van der Waals surface area contributed by atoms with E-state index in [2.05, 4.69) is 21.9 Å². The number of nitrogens with zero attached hydrogens (tertiary/aromatic N) is 2. The lowest BCUT2D eigenvalue weighted by molar-refractivity contribution is 0.183. The summed E-state index contributed by atoms with van der Waals surface area (Å²) < 4.78 is 11.2. The first-order valence-corrected chi connectivity index (χ1v) is 14.4. The fourth-order valence-corrected chi connectivity index (χ4v) is 5.33. The third-order valence-corrected chi connectivity index (χ3v) is 7.54. The van der Waals surface area contributed by atoms with Crippen molar-refractivity contribution in [1.82, 2.24) is 4.90 Å². The first kappa shape index (κ1) is 28.8. The molecular weight excluding hydrogens is 488 g/mol. The summed E-state index contributed by atoms with van der Waals surface area (Å²) in [6.07, 6.45) is 8.90. The second-order valence-corrected chi connectivity index (χ2v) is 10.4. The number of hydrogen-bond donors (Lipinski definition) is 2. The molecule has 0 saturated carbocycles. The van der Waals surface area contributed by atoms with Crippen LogP contribution in [0.15, 0.2) is 66.7 Å². The first-order valence-electron chi connectivity index (χ1n) is 14.4. The first-order chi connectivity index (χ1) is 19.1. The summed E-state index contributed by atoms with van der Waals surface area (Å²) >= 11 is 0. The number of hydrogen-bond acceptors (Lipinski definition) is 6. The van der Waals surface area contributed by atoms with Crippen LogP contribution in [0.2, 0.25) is 0 Å². The Morgan fingerprint density at radius 3 is 2.33 bits per heavy atom. The molecule has 5 rings (SSSR count). The molecule has 6 heteroatoms. The van der Waals surface area contributed by atoms with E-state index >= 15 is 0 Å². The maximum Gasteiger partial charge on any atom is 0.120 e. The van der Waals surface area contributed by atoms with E-state index in [4.69, 9.17) is 9.47 Å². The van der Waals surface area contributed by atoms with Crippen molar-refractivity contribution in [3.63, 3.8) is 0 Å². The lowest BCUT2D eigenvalue weighted by Gasteiger charge is -2.26. The maximum atomic E-state index is 9.45. The molecule has 1 saturated heterocycles. The monoisotopic (exact) mass is 532 g/mol. The van der Waals surface area contributed by atoms with Crippen LogP contribution >= 0.6 is 0 Å². The number of piperidine rings is 1. The van der Waals surface area contributed by atoms with Crippen molar-refractivity contribution in [1.29, 1.82) is 0 Å². The van der Waals surface area contributed by atoms with E-state index < -0.39 is 0 Å². The molecule has 0 radical (unpaired) electrons. The number of anilines is 1. The van der Waals surface area contributed by atoms with Gasteiger partial charge in [-0.3, -0.25) is 4.90 Å². The number of likely N-dealkylation sites (tertiary alicyclic amines) is 1. The second-order valence-electron chi connectivity index (χ2n) is 10.4. The predicted octanol–water partition coefficient (Wildman–Crippen LogP) is 5.83. The van der Waals surface area contributed by atoms with Crippen molar-refractivity contribution in [3.8, 4) is 17.2 Å². The molecule has 1 fully saturated rings. The number of ether oxygens (including phenoxy) is 2. The Hall–Kier alpha value is -3.22. The van der Waals surface area contributed by atoms with Gasteiger partial charge in [-0.25, -0.2) is 0 Å².